The fraction of sp³-hybridized carbons (Fsp3) is 0.150. The van der Waals surface area contributed by atoms with Crippen molar-refractivity contribution in [3.05, 3.63) is 66.6 Å². The minimum absolute atomic E-state index is 0.643. The SMILES string of the molecule is COc1ccc(CNc2ncnc3c2cnn3-c2ccc(OC)cc2)cc1. The molecule has 0 fully saturated rings. The number of fused-ring (bicyclic) bond motifs is 1. The average molecular weight is 361 g/mol. The molecule has 0 unspecified atom stereocenters. The summed E-state index contributed by atoms with van der Waals surface area (Å²) >= 11 is 0. The predicted molar refractivity (Wildman–Crippen MR) is 104 cm³/mol. The Labute approximate surface area is 156 Å². The van der Waals surface area contributed by atoms with Crippen LogP contribution >= 0.6 is 0 Å². The van der Waals surface area contributed by atoms with Gasteiger partial charge < -0.3 is 14.8 Å². The van der Waals surface area contributed by atoms with Gasteiger partial charge in [-0.05, 0) is 42.0 Å². The van der Waals surface area contributed by atoms with Gasteiger partial charge in [0.1, 0.15) is 23.6 Å². The average Bonchev–Trinajstić information content (AvgIpc) is 3.17. The molecule has 0 aliphatic heterocycles. The van der Waals surface area contributed by atoms with Crippen LogP contribution in [0.15, 0.2) is 61.1 Å². The van der Waals surface area contributed by atoms with Gasteiger partial charge in [0, 0.05) is 6.54 Å². The summed E-state index contributed by atoms with van der Waals surface area (Å²) in [6, 6.07) is 15.6. The lowest BCUT2D eigenvalue weighted by atomic mass is 10.2. The van der Waals surface area contributed by atoms with E-state index in [1.54, 1.807) is 31.4 Å². The van der Waals surface area contributed by atoms with Gasteiger partial charge in [-0.2, -0.15) is 5.10 Å². The Hall–Kier alpha value is -3.61. The van der Waals surface area contributed by atoms with Crippen LogP contribution in [0.25, 0.3) is 16.7 Å². The van der Waals surface area contributed by atoms with E-state index in [1.807, 2.05) is 48.5 Å². The molecule has 0 amide bonds. The van der Waals surface area contributed by atoms with E-state index in [0.29, 0.717) is 6.54 Å². The number of nitrogens with one attached hydrogen (secondary N) is 1. The first kappa shape index (κ1) is 16.8. The van der Waals surface area contributed by atoms with Gasteiger partial charge >= 0.3 is 0 Å². The number of aromatic nitrogens is 4. The van der Waals surface area contributed by atoms with Crippen molar-refractivity contribution in [2.75, 3.05) is 19.5 Å². The van der Waals surface area contributed by atoms with Crippen LogP contribution in [0, 0.1) is 0 Å². The number of benzene rings is 2. The van der Waals surface area contributed by atoms with Crippen LogP contribution < -0.4 is 14.8 Å². The Kier molecular flexibility index (Phi) is 4.57. The van der Waals surface area contributed by atoms with Gasteiger partial charge in [0.15, 0.2) is 5.65 Å². The molecule has 0 aliphatic rings. The molecule has 4 aromatic rings. The zero-order chi connectivity index (χ0) is 18.6. The lowest BCUT2D eigenvalue weighted by molar-refractivity contribution is 0.414. The van der Waals surface area contributed by atoms with Crippen molar-refractivity contribution in [2.24, 2.45) is 0 Å². The molecular formula is C20H19N5O2. The molecular weight excluding hydrogens is 342 g/mol. The molecule has 136 valence electrons. The second-order valence-corrected chi connectivity index (χ2v) is 5.92. The summed E-state index contributed by atoms with van der Waals surface area (Å²) < 4.78 is 12.2. The van der Waals surface area contributed by atoms with Crippen molar-refractivity contribution in [1.29, 1.82) is 0 Å². The lowest BCUT2D eigenvalue weighted by Gasteiger charge is -2.08. The maximum Gasteiger partial charge on any atom is 0.168 e. The van der Waals surface area contributed by atoms with E-state index in [1.165, 1.54) is 0 Å². The molecule has 7 heteroatoms. The number of hydrogen-bond donors (Lipinski definition) is 1. The van der Waals surface area contributed by atoms with Gasteiger partial charge in [0.05, 0.1) is 31.5 Å². The topological polar surface area (TPSA) is 74.1 Å². The number of rotatable bonds is 6. The molecule has 0 saturated heterocycles. The van der Waals surface area contributed by atoms with Crippen LogP contribution in [-0.4, -0.2) is 34.0 Å². The van der Waals surface area contributed by atoms with Gasteiger partial charge in [-0.25, -0.2) is 14.6 Å². The molecule has 2 aromatic carbocycles. The first-order valence-corrected chi connectivity index (χ1v) is 8.48. The molecule has 1 N–H and O–H groups in total. The van der Waals surface area contributed by atoms with E-state index < -0.39 is 0 Å². The molecule has 2 heterocycles. The molecule has 0 spiro atoms. The standard InChI is InChI=1S/C20H19N5O2/c1-26-16-7-3-14(4-8-16)11-21-19-18-12-24-25(20(18)23-13-22-19)15-5-9-17(27-2)10-6-15/h3-10,12-13H,11H2,1-2H3,(H,21,22,23). The molecule has 0 aliphatic carbocycles. The quantitative estimate of drug-likeness (QED) is 0.567. The normalized spacial score (nSPS) is 10.7. The highest BCUT2D eigenvalue weighted by atomic mass is 16.5. The Morgan fingerprint density at radius 2 is 1.56 bits per heavy atom. The summed E-state index contributed by atoms with van der Waals surface area (Å²) in [5.74, 6) is 2.38. The molecule has 7 nitrogen and oxygen atoms in total. The summed E-state index contributed by atoms with van der Waals surface area (Å²) in [4.78, 5) is 8.77. The third-order valence-corrected chi connectivity index (χ3v) is 4.30. The van der Waals surface area contributed by atoms with Crippen LogP contribution in [0.5, 0.6) is 11.5 Å². The molecule has 27 heavy (non-hydrogen) atoms. The second kappa shape index (κ2) is 7.33. The van der Waals surface area contributed by atoms with Crippen LogP contribution in [0.3, 0.4) is 0 Å². The van der Waals surface area contributed by atoms with Crippen molar-refractivity contribution in [3.63, 3.8) is 0 Å². The Balaban J connectivity index is 1.59. The smallest absolute Gasteiger partial charge is 0.168 e. The fourth-order valence-electron chi connectivity index (χ4n) is 2.83. The Morgan fingerprint density at radius 1 is 0.889 bits per heavy atom. The van der Waals surface area contributed by atoms with E-state index in [4.69, 9.17) is 9.47 Å². The van der Waals surface area contributed by atoms with Gasteiger partial charge in [-0.3, -0.25) is 0 Å². The highest BCUT2D eigenvalue weighted by molar-refractivity contribution is 5.87. The Bertz CT molecular complexity index is 1040. The van der Waals surface area contributed by atoms with E-state index >= 15 is 0 Å². The van der Waals surface area contributed by atoms with Gasteiger partial charge in [-0.1, -0.05) is 12.1 Å². The van der Waals surface area contributed by atoms with E-state index in [2.05, 4.69) is 20.4 Å². The number of nitrogens with zero attached hydrogens (tertiary/aromatic N) is 4. The summed E-state index contributed by atoms with van der Waals surface area (Å²) in [6.45, 7) is 0.643. The second-order valence-electron chi connectivity index (χ2n) is 5.92. The van der Waals surface area contributed by atoms with Crippen molar-refractivity contribution in [1.82, 2.24) is 19.7 Å². The zero-order valence-corrected chi connectivity index (χ0v) is 15.1. The maximum atomic E-state index is 5.21. The molecule has 0 saturated carbocycles. The first-order chi connectivity index (χ1) is 13.3. The van der Waals surface area contributed by atoms with Crippen LogP contribution in [0.4, 0.5) is 5.82 Å². The summed E-state index contributed by atoms with van der Waals surface area (Å²) in [5.41, 5.74) is 2.78. The first-order valence-electron chi connectivity index (χ1n) is 8.48. The largest absolute Gasteiger partial charge is 0.497 e. The van der Waals surface area contributed by atoms with Crippen molar-refractivity contribution >= 4 is 16.9 Å². The van der Waals surface area contributed by atoms with Crippen molar-refractivity contribution in [2.45, 2.75) is 6.54 Å². The monoisotopic (exact) mass is 361 g/mol. The predicted octanol–water partition coefficient (Wildman–Crippen LogP) is 3.44. The number of hydrogen-bond acceptors (Lipinski definition) is 6. The van der Waals surface area contributed by atoms with Gasteiger partial charge in [0.2, 0.25) is 0 Å². The van der Waals surface area contributed by atoms with Gasteiger partial charge in [0.25, 0.3) is 0 Å². The zero-order valence-electron chi connectivity index (χ0n) is 15.1. The molecule has 2 aromatic heterocycles. The van der Waals surface area contributed by atoms with E-state index in [0.717, 1.165) is 39.6 Å². The minimum Gasteiger partial charge on any atom is -0.497 e. The lowest BCUT2D eigenvalue weighted by Crippen LogP contribution is -2.03. The molecule has 4 rings (SSSR count). The summed E-state index contributed by atoms with van der Waals surface area (Å²) in [5, 5.41) is 8.70. The summed E-state index contributed by atoms with van der Waals surface area (Å²) in [7, 11) is 3.30. The number of anilines is 1. The number of ether oxygens (including phenoxy) is 2. The minimum atomic E-state index is 0.643. The van der Waals surface area contributed by atoms with Gasteiger partial charge in [-0.15, -0.1) is 0 Å². The highest BCUT2D eigenvalue weighted by Gasteiger charge is 2.11. The number of methoxy groups -OCH3 is 2. The third-order valence-electron chi connectivity index (χ3n) is 4.30. The van der Waals surface area contributed by atoms with E-state index in [9.17, 15) is 0 Å². The molecule has 0 atom stereocenters. The van der Waals surface area contributed by atoms with Crippen molar-refractivity contribution < 1.29 is 9.47 Å². The van der Waals surface area contributed by atoms with Crippen LogP contribution in [0.1, 0.15) is 5.56 Å². The Morgan fingerprint density at radius 3 is 2.22 bits per heavy atom. The maximum absolute atomic E-state index is 5.21. The fourth-order valence-corrected chi connectivity index (χ4v) is 2.83. The van der Waals surface area contributed by atoms with Crippen LogP contribution in [0.2, 0.25) is 0 Å². The summed E-state index contributed by atoms with van der Waals surface area (Å²) in [6.07, 6.45) is 3.32. The van der Waals surface area contributed by atoms with Crippen LogP contribution in [-0.2, 0) is 6.54 Å². The molecule has 0 bridgehead atoms. The van der Waals surface area contributed by atoms with E-state index in [-0.39, 0.29) is 0 Å². The highest BCUT2D eigenvalue weighted by Crippen LogP contribution is 2.23. The van der Waals surface area contributed by atoms with Crippen molar-refractivity contribution in [3.8, 4) is 17.2 Å². The molecule has 0 radical (unpaired) electrons. The third kappa shape index (κ3) is 3.39.